The first kappa shape index (κ1) is 10.8. The van der Waals surface area contributed by atoms with Crippen LogP contribution in [0.15, 0.2) is 18.2 Å². The summed E-state index contributed by atoms with van der Waals surface area (Å²) in [6.45, 7) is 1.24. The van der Waals surface area contributed by atoms with Gasteiger partial charge in [0, 0.05) is 6.07 Å². The van der Waals surface area contributed by atoms with E-state index in [1.165, 1.54) is 20.1 Å². The zero-order valence-corrected chi connectivity index (χ0v) is 8.00. The molecule has 1 atom stereocenters. The van der Waals surface area contributed by atoms with Gasteiger partial charge in [0.15, 0.2) is 0 Å². The quantitative estimate of drug-likeness (QED) is 0.808. The summed E-state index contributed by atoms with van der Waals surface area (Å²) in [5.41, 5.74) is 3.81. The molecule has 0 fully saturated rings. The molecule has 0 spiro atoms. The number of pyridine rings is 1. The lowest BCUT2D eigenvalue weighted by atomic mass is 9.99. The molecule has 1 unspecified atom stereocenters. The van der Waals surface area contributed by atoms with Crippen molar-refractivity contribution in [3.8, 4) is 5.88 Å². The second-order valence-corrected chi connectivity index (χ2v) is 3.15. The standard InChI is InChI=1S/C9H12F2N2O/c1-9(12,8(10)11)6-4-3-5-7(13-6)14-2/h3-5,8H,12H2,1-2H3. The zero-order chi connectivity index (χ0) is 10.8. The van der Waals surface area contributed by atoms with Crippen LogP contribution in [0.3, 0.4) is 0 Å². The first-order valence-corrected chi connectivity index (χ1v) is 4.07. The Morgan fingerprint density at radius 1 is 1.50 bits per heavy atom. The van der Waals surface area contributed by atoms with Gasteiger partial charge in [-0.05, 0) is 13.0 Å². The minimum atomic E-state index is -2.66. The van der Waals surface area contributed by atoms with Gasteiger partial charge in [-0.1, -0.05) is 6.07 Å². The highest BCUT2D eigenvalue weighted by molar-refractivity contribution is 5.21. The third kappa shape index (κ3) is 1.98. The van der Waals surface area contributed by atoms with Crippen LogP contribution in [0.25, 0.3) is 0 Å². The fourth-order valence-corrected chi connectivity index (χ4v) is 0.940. The molecule has 78 valence electrons. The summed E-state index contributed by atoms with van der Waals surface area (Å²) < 4.78 is 29.9. The number of halogens is 2. The van der Waals surface area contributed by atoms with Gasteiger partial charge in [0.1, 0.15) is 5.54 Å². The van der Waals surface area contributed by atoms with E-state index in [9.17, 15) is 8.78 Å². The molecule has 0 aromatic carbocycles. The van der Waals surface area contributed by atoms with Crippen LogP contribution in [-0.4, -0.2) is 18.5 Å². The number of nitrogens with two attached hydrogens (primary N) is 1. The Balaban J connectivity index is 3.06. The van der Waals surface area contributed by atoms with Gasteiger partial charge in [0.2, 0.25) is 5.88 Å². The third-order valence-corrected chi connectivity index (χ3v) is 1.94. The molecule has 0 amide bonds. The first-order valence-electron chi connectivity index (χ1n) is 4.07. The number of methoxy groups -OCH3 is 1. The molecule has 0 aliphatic carbocycles. The molecule has 5 heteroatoms. The summed E-state index contributed by atoms with van der Waals surface area (Å²) in [5.74, 6) is 0.278. The predicted octanol–water partition coefficient (Wildman–Crippen LogP) is 1.53. The second kappa shape index (κ2) is 3.88. The second-order valence-electron chi connectivity index (χ2n) is 3.15. The normalized spacial score (nSPS) is 15.3. The maximum absolute atomic E-state index is 12.5. The average molecular weight is 202 g/mol. The highest BCUT2D eigenvalue weighted by Crippen LogP contribution is 2.24. The topological polar surface area (TPSA) is 48.1 Å². The Hall–Kier alpha value is -1.23. The molecule has 1 aromatic heterocycles. The van der Waals surface area contributed by atoms with E-state index in [1.54, 1.807) is 12.1 Å². The molecule has 0 radical (unpaired) electrons. The summed E-state index contributed by atoms with van der Waals surface area (Å²) >= 11 is 0. The van der Waals surface area contributed by atoms with Gasteiger partial charge >= 0.3 is 0 Å². The largest absolute Gasteiger partial charge is 0.481 e. The van der Waals surface area contributed by atoms with E-state index in [2.05, 4.69) is 4.98 Å². The van der Waals surface area contributed by atoms with Crippen LogP contribution >= 0.6 is 0 Å². The van der Waals surface area contributed by atoms with Gasteiger partial charge in [-0.25, -0.2) is 13.8 Å². The molecule has 0 aliphatic heterocycles. The Bertz CT molecular complexity index is 315. The molecule has 0 bridgehead atoms. The van der Waals surface area contributed by atoms with Crippen molar-refractivity contribution >= 4 is 0 Å². The number of nitrogens with zero attached hydrogens (tertiary/aromatic N) is 1. The summed E-state index contributed by atoms with van der Waals surface area (Å²) in [6.07, 6.45) is -2.66. The van der Waals surface area contributed by atoms with E-state index in [1.807, 2.05) is 0 Å². The molecule has 1 rings (SSSR count). The van der Waals surface area contributed by atoms with Crippen LogP contribution < -0.4 is 10.5 Å². The number of alkyl halides is 2. The number of hydrogen-bond donors (Lipinski definition) is 1. The Morgan fingerprint density at radius 3 is 2.64 bits per heavy atom. The van der Waals surface area contributed by atoms with Crippen molar-refractivity contribution in [3.05, 3.63) is 23.9 Å². The number of rotatable bonds is 3. The smallest absolute Gasteiger partial charge is 0.261 e. The zero-order valence-electron chi connectivity index (χ0n) is 8.00. The van der Waals surface area contributed by atoms with E-state index in [-0.39, 0.29) is 11.6 Å². The molecule has 14 heavy (non-hydrogen) atoms. The van der Waals surface area contributed by atoms with E-state index < -0.39 is 12.0 Å². The van der Waals surface area contributed by atoms with E-state index in [0.717, 1.165) is 0 Å². The van der Waals surface area contributed by atoms with Gasteiger partial charge < -0.3 is 10.5 Å². The highest BCUT2D eigenvalue weighted by atomic mass is 19.3. The van der Waals surface area contributed by atoms with Crippen LogP contribution in [0.5, 0.6) is 5.88 Å². The van der Waals surface area contributed by atoms with Crippen molar-refractivity contribution in [3.63, 3.8) is 0 Å². The van der Waals surface area contributed by atoms with Gasteiger partial charge in [-0.15, -0.1) is 0 Å². The van der Waals surface area contributed by atoms with Crippen molar-refractivity contribution in [2.45, 2.75) is 18.9 Å². The number of aromatic nitrogens is 1. The molecule has 0 saturated heterocycles. The van der Waals surface area contributed by atoms with Crippen molar-refractivity contribution in [2.24, 2.45) is 5.73 Å². The summed E-state index contributed by atoms with van der Waals surface area (Å²) in [6, 6.07) is 4.61. The average Bonchev–Trinajstić information content (AvgIpc) is 2.17. The van der Waals surface area contributed by atoms with Crippen LogP contribution in [0.4, 0.5) is 8.78 Å². The lowest BCUT2D eigenvalue weighted by Crippen LogP contribution is -2.41. The van der Waals surface area contributed by atoms with Crippen molar-refractivity contribution in [1.82, 2.24) is 4.98 Å². The molecule has 2 N–H and O–H groups in total. The Kier molecular flexibility index (Phi) is 3.00. The van der Waals surface area contributed by atoms with Crippen LogP contribution in [0.1, 0.15) is 12.6 Å². The van der Waals surface area contributed by atoms with Gasteiger partial charge in [-0.2, -0.15) is 0 Å². The molecule has 1 aromatic rings. The van der Waals surface area contributed by atoms with Crippen molar-refractivity contribution in [1.29, 1.82) is 0 Å². The lowest BCUT2D eigenvalue weighted by molar-refractivity contribution is 0.0599. The van der Waals surface area contributed by atoms with Gasteiger partial charge in [0.05, 0.1) is 12.8 Å². The first-order chi connectivity index (χ1) is 6.48. The van der Waals surface area contributed by atoms with Crippen LogP contribution in [-0.2, 0) is 5.54 Å². The SMILES string of the molecule is COc1cccc(C(C)(N)C(F)F)n1. The molecule has 3 nitrogen and oxygen atoms in total. The third-order valence-electron chi connectivity index (χ3n) is 1.94. The minimum Gasteiger partial charge on any atom is -0.481 e. The molecular formula is C9H12F2N2O. The molecule has 1 heterocycles. The van der Waals surface area contributed by atoms with Crippen LogP contribution in [0, 0.1) is 0 Å². The van der Waals surface area contributed by atoms with Crippen molar-refractivity contribution < 1.29 is 13.5 Å². The van der Waals surface area contributed by atoms with Crippen LogP contribution in [0.2, 0.25) is 0 Å². The highest BCUT2D eigenvalue weighted by Gasteiger charge is 2.33. The maximum atomic E-state index is 12.5. The fraction of sp³-hybridized carbons (Fsp3) is 0.444. The lowest BCUT2D eigenvalue weighted by Gasteiger charge is -2.22. The van der Waals surface area contributed by atoms with Crippen molar-refractivity contribution in [2.75, 3.05) is 7.11 Å². The predicted molar refractivity (Wildman–Crippen MR) is 48.3 cm³/mol. The van der Waals surface area contributed by atoms with E-state index >= 15 is 0 Å². The number of hydrogen-bond acceptors (Lipinski definition) is 3. The molecule has 0 saturated carbocycles. The number of ether oxygens (including phenoxy) is 1. The summed E-state index contributed by atoms with van der Waals surface area (Å²) in [7, 11) is 1.42. The molecule has 0 aliphatic rings. The van der Waals surface area contributed by atoms with Gasteiger partial charge in [0.25, 0.3) is 6.43 Å². The summed E-state index contributed by atoms with van der Waals surface area (Å²) in [5, 5.41) is 0. The van der Waals surface area contributed by atoms with Gasteiger partial charge in [-0.3, -0.25) is 0 Å². The van der Waals surface area contributed by atoms with E-state index in [0.29, 0.717) is 0 Å². The molecular weight excluding hydrogens is 190 g/mol. The Labute approximate surface area is 80.9 Å². The minimum absolute atomic E-state index is 0.117. The fourth-order valence-electron chi connectivity index (χ4n) is 0.940. The maximum Gasteiger partial charge on any atom is 0.261 e. The monoisotopic (exact) mass is 202 g/mol. The van der Waals surface area contributed by atoms with E-state index in [4.69, 9.17) is 10.5 Å². The Morgan fingerprint density at radius 2 is 2.14 bits per heavy atom. The summed E-state index contributed by atoms with van der Waals surface area (Å²) in [4.78, 5) is 3.86.